The number of likely N-dealkylation sites (N-methyl/N-ethyl adjacent to an activating group) is 1. The topological polar surface area (TPSA) is 53.8 Å². The average molecular weight is 412 g/mol. The lowest BCUT2D eigenvalue weighted by Gasteiger charge is -2.38. The molecule has 0 bridgehead atoms. The van der Waals surface area contributed by atoms with Crippen LogP contribution in [0.4, 0.5) is 5.69 Å². The van der Waals surface area contributed by atoms with Gasteiger partial charge in [0, 0.05) is 63.3 Å². The third-order valence-corrected chi connectivity index (χ3v) is 6.38. The van der Waals surface area contributed by atoms with Gasteiger partial charge in [0.25, 0.3) is 5.91 Å². The minimum Gasteiger partial charge on any atom is -0.378 e. The van der Waals surface area contributed by atoms with Crippen LogP contribution in [0.15, 0.2) is 36.7 Å². The van der Waals surface area contributed by atoms with Crippen molar-refractivity contribution in [3.63, 3.8) is 0 Å². The number of ether oxygens (including phenoxy) is 1. The standard InChI is InChI=1S/C23H33N5O2/c1-25(10-7-19-17-24-26(2)18-19)21-8-11-27(12-9-21)22-5-3-20(4-6-22)23(29)28-13-15-30-16-14-28/h3-6,17-18,21H,7-16H2,1-2H3. The summed E-state index contributed by atoms with van der Waals surface area (Å²) in [6.07, 6.45) is 7.44. The molecule has 1 aromatic carbocycles. The van der Waals surface area contributed by atoms with Gasteiger partial charge in [0.05, 0.1) is 19.4 Å². The number of aromatic nitrogens is 2. The molecule has 0 unspecified atom stereocenters. The number of carbonyl (C=O) groups excluding carboxylic acids is 1. The predicted molar refractivity (Wildman–Crippen MR) is 118 cm³/mol. The second kappa shape index (κ2) is 9.62. The number of morpholine rings is 1. The second-order valence-electron chi connectivity index (χ2n) is 8.42. The number of amides is 1. The number of benzene rings is 1. The summed E-state index contributed by atoms with van der Waals surface area (Å²) in [6, 6.07) is 8.76. The first kappa shape index (κ1) is 20.9. The number of rotatable bonds is 6. The Morgan fingerprint density at radius 2 is 1.83 bits per heavy atom. The Balaban J connectivity index is 1.25. The summed E-state index contributed by atoms with van der Waals surface area (Å²) in [5.74, 6) is 0.110. The Kier molecular flexibility index (Phi) is 6.69. The van der Waals surface area contributed by atoms with E-state index in [0.717, 1.165) is 44.5 Å². The van der Waals surface area contributed by atoms with E-state index >= 15 is 0 Å². The molecule has 2 saturated heterocycles. The molecule has 0 aliphatic carbocycles. The van der Waals surface area contributed by atoms with Gasteiger partial charge in [0.2, 0.25) is 0 Å². The van der Waals surface area contributed by atoms with Crippen molar-refractivity contribution in [1.82, 2.24) is 19.6 Å². The van der Waals surface area contributed by atoms with Gasteiger partial charge in [-0.25, -0.2) is 0 Å². The molecule has 0 radical (unpaired) electrons. The molecule has 7 nitrogen and oxygen atoms in total. The fraction of sp³-hybridized carbons (Fsp3) is 0.565. The average Bonchev–Trinajstić information content (AvgIpc) is 3.23. The lowest BCUT2D eigenvalue weighted by atomic mass is 10.0. The van der Waals surface area contributed by atoms with Gasteiger partial charge in [-0.3, -0.25) is 9.48 Å². The van der Waals surface area contributed by atoms with E-state index in [9.17, 15) is 4.79 Å². The summed E-state index contributed by atoms with van der Waals surface area (Å²) >= 11 is 0. The van der Waals surface area contributed by atoms with E-state index in [-0.39, 0.29) is 5.91 Å². The summed E-state index contributed by atoms with van der Waals surface area (Å²) in [4.78, 5) is 19.4. The van der Waals surface area contributed by atoms with Crippen LogP contribution < -0.4 is 4.90 Å². The molecular formula is C23H33N5O2. The van der Waals surface area contributed by atoms with Crippen molar-refractivity contribution in [2.24, 2.45) is 7.05 Å². The van der Waals surface area contributed by atoms with Crippen LogP contribution in [0.3, 0.4) is 0 Å². The molecule has 30 heavy (non-hydrogen) atoms. The van der Waals surface area contributed by atoms with Crippen LogP contribution in [-0.2, 0) is 18.2 Å². The zero-order valence-corrected chi connectivity index (χ0v) is 18.2. The van der Waals surface area contributed by atoms with E-state index in [1.54, 1.807) is 0 Å². The molecule has 2 aliphatic rings. The number of piperidine rings is 1. The van der Waals surface area contributed by atoms with Crippen molar-refractivity contribution >= 4 is 11.6 Å². The van der Waals surface area contributed by atoms with Crippen molar-refractivity contribution in [1.29, 1.82) is 0 Å². The summed E-state index contributed by atoms with van der Waals surface area (Å²) in [5.41, 5.74) is 3.28. The van der Waals surface area contributed by atoms with E-state index in [2.05, 4.69) is 40.3 Å². The highest BCUT2D eigenvalue weighted by Gasteiger charge is 2.23. The molecule has 7 heteroatoms. The third kappa shape index (κ3) is 5.02. The molecule has 4 rings (SSSR count). The van der Waals surface area contributed by atoms with Gasteiger partial charge < -0.3 is 19.4 Å². The molecule has 0 spiro atoms. The van der Waals surface area contributed by atoms with Crippen molar-refractivity contribution in [3.05, 3.63) is 47.8 Å². The lowest BCUT2D eigenvalue weighted by molar-refractivity contribution is 0.0303. The van der Waals surface area contributed by atoms with Crippen LogP contribution in [0.5, 0.6) is 0 Å². The molecule has 0 N–H and O–H groups in total. The maximum absolute atomic E-state index is 12.6. The van der Waals surface area contributed by atoms with Crippen molar-refractivity contribution in [2.75, 3.05) is 57.9 Å². The molecule has 1 aromatic heterocycles. The number of hydrogen-bond acceptors (Lipinski definition) is 5. The Labute approximate surface area is 179 Å². The lowest BCUT2D eigenvalue weighted by Crippen LogP contribution is -2.44. The highest BCUT2D eigenvalue weighted by Crippen LogP contribution is 2.23. The maximum Gasteiger partial charge on any atom is 0.254 e. The smallest absolute Gasteiger partial charge is 0.254 e. The molecule has 1 amide bonds. The third-order valence-electron chi connectivity index (χ3n) is 6.38. The van der Waals surface area contributed by atoms with Crippen LogP contribution in [0, 0.1) is 0 Å². The van der Waals surface area contributed by atoms with Crippen molar-refractivity contribution in [2.45, 2.75) is 25.3 Å². The minimum absolute atomic E-state index is 0.110. The van der Waals surface area contributed by atoms with Crippen molar-refractivity contribution in [3.8, 4) is 0 Å². The van der Waals surface area contributed by atoms with Crippen LogP contribution in [0.1, 0.15) is 28.8 Å². The Morgan fingerprint density at radius 1 is 1.13 bits per heavy atom. The van der Waals surface area contributed by atoms with E-state index in [4.69, 9.17) is 4.74 Å². The highest BCUT2D eigenvalue weighted by atomic mass is 16.5. The van der Waals surface area contributed by atoms with E-state index in [0.29, 0.717) is 32.3 Å². The maximum atomic E-state index is 12.6. The quantitative estimate of drug-likeness (QED) is 0.728. The molecule has 2 aliphatic heterocycles. The molecule has 3 heterocycles. The summed E-state index contributed by atoms with van der Waals surface area (Å²) in [5, 5.41) is 4.26. The first-order valence-electron chi connectivity index (χ1n) is 11.0. The largest absolute Gasteiger partial charge is 0.378 e. The predicted octanol–water partition coefficient (Wildman–Crippen LogP) is 2.04. The Morgan fingerprint density at radius 3 is 2.47 bits per heavy atom. The summed E-state index contributed by atoms with van der Waals surface area (Å²) in [6.45, 7) is 5.81. The van der Waals surface area contributed by atoms with Crippen LogP contribution >= 0.6 is 0 Å². The second-order valence-corrected chi connectivity index (χ2v) is 8.42. The van der Waals surface area contributed by atoms with Crippen LogP contribution in [0.25, 0.3) is 0 Å². The Hall–Kier alpha value is -2.38. The van der Waals surface area contributed by atoms with Gasteiger partial charge in [-0.15, -0.1) is 0 Å². The fourth-order valence-electron chi connectivity index (χ4n) is 4.42. The molecule has 162 valence electrons. The number of aryl methyl sites for hydroxylation is 1. The van der Waals surface area contributed by atoms with E-state index in [1.807, 2.05) is 35.0 Å². The summed E-state index contributed by atoms with van der Waals surface area (Å²) < 4.78 is 7.21. The number of carbonyl (C=O) groups is 1. The zero-order chi connectivity index (χ0) is 20.9. The van der Waals surface area contributed by atoms with Gasteiger partial charge in [0.1, 0.15) is 0 Å². The highest BCUT2D eigenvalue weighted by molar-refractivity contribution is 5.94. The van der Waals surface area contributed by atoms with E-state index in [1.165, 1.54) is 11.3 Å². The molecule has 2 fully saturated rings. The zero-order valence-electron chi connectivity index (χ0n) is 18.2. The van der Waals surface area contributed by atoms with Gasteiger partial charge in [-0.2, -0.15) is 5.10 Å². The molecule has 0 saturated carbocycles. The van der Waals surface area contributed by atoms with Gasteiger partial charge in [-0.1, -0.05) is 0 Å². The molecule has 0 atom stereocenters. The van der Waals surface area contributed by atoms with Gasteiger partial charge in [-0.05, 0) is 56.1 Å². The summed E-state index contributed by atoms with van der Waals surface area (Å²) in [7, 11) is 4.21. The first-order chi connectivity index (χ1) is 14.6. The number of hydrogen-bond donors (Lipinski definition) is 0. The molecule has 2 aromatic rings. The van der Waals surface area contributed by atoms with E-state index < -0.39 is 0 Å². The van der Waals surface area contributed by atoms with Crippen LogP contribution in [-0.4, -0.2) is 84.5 Å². The fourth-order valence-corrected chi connectivity index (χ4v) is 4.42. The van der Waals surface area contributed by atoms with Gasteiger partial charge in [0.15, 0.2) is 0 Å². The SMILES string of the molecule is CN(CCc1cnn(C)c1)C1CCN(c2ccc(C(=O)N3CCOCC3)cc2)CC1. The van der Waals surface area contributed by atoms with Crippen molar-refractivity contribution < 1.29 is 9.53 Å². The first-order valence-corrected chi connectivity index (χ1v) is 11.0. The Bertz CT molecular complexity index is 820. The number of nitrogens with zero attached hydrogens (tertiary/aromatic N) is 5. The monoisotopic (exact) mass is 411 g/mol. The normalized spacial score (nSPS) is 18.2. The van der Waals surface area contributed by atoms with Gasteiger partial charge >= 0.3 is 0 Å². The molecular weight excluding hydrogens is 378 g/mol. The number of anilines is 1. The minimum atomic E-state index is 0.110. The van der Waals surface area contributed by atoms with Crippen LogP contribution in [0.2, 0.25) is 0 Å².